The number of benzene rings is 2. The first-order valence-electron chi connectivity index (χ1n) is 7.94. The molecule has 4 nitrogen and oxygen atoms in total. The lowest BCUT2D eigenvalue weighted by Crippen LogP contribution is -2.19. The van der Waals surface area contributed by atoms with E-state index in [4.69, 9.17) is 16.3 Å². The zero-order valence-electron chi connectivity index (χ0n) is 14.4. The number of methoxy groups -OCH3 is 1. The Morgan fingerprint density at radius 1 is 1.24 bits per heavy atom. The molecule has 25 heavy (non-hydrogen) atoms. The summed E-state index contributed by atoms with van der Waals surface area (Å²) < 4.78 is 8.37. The maximum atomic E-state index is 12.5. The van der Waals surface area contributed by atoms with Gasteiger partial charge in [-0.25, -0.2) is 0 Å². The topological polar surface area (TPSA) is 43.6 Å². The molecule has 0 N–H and O–H groups in total. The predicted octanol–water partition coefficient (Wildman–Crippen LogP) is 4.36. The van der Waals surface area contributed by atoms with Crippen LogP contribution in [0.25, 0.3) is 10.2 Å². The van der Waals surface area contributed by atoms with Gasteiger partial charge in [-0.1, -0.05) is 29.0 Å². The fourth-order valence-corrected chi connectivity index (χ4v) is 3.90. The molecule has 0 saturated carbocycles. The van der Waals surface area contributed by atoms with Gasteiger partial charge in [0.25, 0.3) is 5.91 Å². The number of ether oxygens (including phenoxy) is 1. The van der Waals surface area contributed by atoms with Crippen molar-refractivity contribution in [3.8, 4) is 0 Å². The van der Waals surface area contributed by atoms with Crippen LogP contribution in [0.3, 0.4) is 0 Å². The second-order valence-corrected chi connectivity index (χ2v) is 7.31. The SMILES string of the molecule is COCCn1c(=NC(=O)c2cccc(Cl)c2)sc2cc(C)c(C)cc21. The smallest absolute Gasteiger partial charge is 0.279 e. The fourth-order valence-electron chi connectivity index (χ4n) is 2.58. The van der Waals surface area contributed by atoms with E-state index in [-0.39, 0.29) is 5.91 Å². The number of aryl methyl sites for hydroxylation is 2. The molecule has 0 aliphatic carbocycles. The average molecular weight is 375 g/mol. The van der Waals surface area contributed by atoms with Gasteiger partial charge >= 0.3 is 0 Å². The summed E-state index contributed by atoms with van der Waals surface area (Å²) in [6.07, 6.45) is 0. The number of hydrogen-bond donors (Lipinski definition) is 0. The largest absolute Gasteiger partial charge is 0.383 e. The first kappa shape index (κ1) is 17.9. The summed E-state index contributed by atoms with van der Waals surface area (Å²) in [6.45, 7) is 5.36. The van der Waals surface area contributed by atoms with Crippen LogP contribution in [0.1, 0.15) is 21.5 Å². The average Bonchev–Trinajstić information content (AvgIpc) is 2.89. The number of aromatic nitrogens is 1. The van der Waals surface area contributed by atoms with Crippen LogP contribution in [-0.2, 0) is 11.3 Å². The highest BCUT2D eigenvalue weighted by atomic mass is 35.5. The van der Waals surface area contributed by atoms with E-state index in [1.165, 1.54) is 22.5 Å². The Morgan fingerprint density at radius 3 is 2.72 bits per heavy atom. The third-order valence-corrected chi connectivity index (χ3v) is 5.36. The predicted molar refractivity (Wildman–Crippen MR) is 103 cm³/mol. The van der Waals surface area contributed by atoms with Gasteiger partial charge in [0, 0.05) is 24.2 Å². The molecule has 1 heterocycles. The Balaban J connectivity index is 2.15. The van der Waals surface area contributed by atoms with Gasteiger partial charge in [0.2, 0.25) is 0 Å². The summed E-state index contributed by atoms with van der Waals surface area (Å²) >= 11 is 7.49. The highest BCUT2D eigenvalue weighted by Crippen LogP contribution is 2.22. The summed E-state index contributed by atoms with van der Waals surface area (Å²) in [5.41, 5.74) is 3.99. The van der Waals surface area contributed by atoms with Gasteiger partial charge in [0.1, 0.15) is 0 Å². The van der Waals surface area contributed by atoms with E-state index >= 15 is 0 Å². The minimum absolute atomic E-state index is 0.298. The zero-order chi connectivity index (χ0) is 18.0. The third kappa shape index (κ3) is 3.84. The van der Waals surface area contributed by atoms with Crippen LogP contribution in [-0.4, -0.2) is 24.2 Å². The fraction of sp³-hybridized carbons (Fsp3) is 0.263. The molecule has 0 spiro atoms. The van der Waals surface area contributed by atoms with Crippen molar-refractivity contribution in [3.63, 3.8) is 0 Å². The van der Waals surface area contributed by atoms with Crippen molar-refractivity contribution in [2.24, 2.45) is 4.99 Å². The summed E-state index contributed by atoms with van der Waals surface area (Å²) in [7, 11) is 1.67. The molecule has 3 rings (SSSR count). The van der Waals surface area contributed by atoms with E-state index < -0.39 is 0 Å². The number of hydrogen-bond acceptors (Lipinski definition) is 3. The van der Waals surface area contributed by atoms with Crippen LogP contribution in [0.4, 0.5) is 0 Å². The van der Waals surface area contributed by atoms with E-state index in [1.54, 1.807) is 31.4 Å². The Morgan fingerprint density at radius 2 is 2.00 bits per heavy atom. The van der Waals surface area contributed by atoms with E-state index in [0.717, 1.165) is 10.2 Å². The normalized spacial score (nSPS) is 12.1. The minimum Gasteiger partial charge on any atom is -0.383 e. The first-order chi connectivity index (χ1) is 12.0. The van der Waals surface area contributed by atoms with Crippen LogP contribution < -0.4 is 4.80 Å². The Kier molecular flexibility index (Phi) is 5.37. The standard InChI is InChI=1S/C19H19ClN2O2S/c1-12-9-16-17(10-13(12)2)25-19(22(16)7-8-24-3)21-18(23)14-5-4-6-15(20)11-14/h4-6,9-11H,7-8H2,1-3H3. The number of carbonyl (C=O) groups is 1. The highest BCUT2D eigenvalue weighted by molar-refractivity contribution is 7.16. The molecule has 0 radical (unpaired) electrons. The van der Waals surface area contributed by atoms with Crippen molar-refractivity contribution < 1.29 is 9.53 Å². The first-order valence-corrected chi connectivity index (χ1v) is 9.13. The van der Waals surface area contributed by atoms with Crippen LogP contribution in [0, 0.1) is 13.8 Å². The summed E-state index contributed by atoms with van der Waals surface area (Å²) in [6, 6.07) is 11.1. The highest BCUT2D eigenvalue weighted by Gasteiger charge is 2.11. The van der Waals surface area contributed by atoms with Gasteiger partial charge in [0.15, 0.2) is 4.80 Å². The molecule has 1 aromatic heterocycles. The minimum atomic E-state index is -0.298. The van der Waals surface area contributed by atoms with Gasteiger partial charge in [0.05, 0.1) is 16.8 Å². The molecule has 0 aliphatic rings. The zero-order valence-corrected chi connectivity index (χ0v) is 15.9. The lowest BCUT2D eigenvalue weighted by molar-refractivity contribution is 0.0997. The van der Waals surface area contributed by atoms with Crippen molar-refractivity contribution in [2.45, 2.75) is 20.4 Å². The lowest BCUT2D eigenvalue weighted by Gasteiger charge is -2.06. The molecule has 2 aromatic carbocycles. The van der Waals surface area contributed by atoms with Crippen LogP contribution in [0.15, 0.2) is 41.4 Å². The monoisotopic (exact) mass is 374 g/mol. The van der Waals surface area contributed by atoms with Gasteiger partial charge < -0.3 is 9.30 Å². The number of halogens is 1. The molecule has 0 fully saturated rings. The number of rotatable bonds is 4. The third-order valence-electron chi connectivity index (χ3n) is 4.09. The van der Waals surface area contributed by atoms with Crippen molar-refractivity contribution in [1.82, 2.24) is 4.57 Å². The quantitative estimate of drug-likeness (QED) is 0.681. The Labute approximate surface area is 155 Å². The van der Waals surface area contributed by atoms with Crippen molar-refractivity contribution in [3.05, 3.63) is 62.9 Å². The van der Waals surface area contributed by atoms with E-state index in [1.807, 2.05) is 4.57 Å². The van der Waals surface area contributed by atoms with Crippen molar-refractivity contribution >= 4 is 39.1 Å². The lowest BCUT2D eigenvalue weighted by atomic mass is 10.1. The molecular formula is C19H19ClN2O2S. The Hall–Kier alpha value is -1.95. The molecular weight excluding hydrogens is 356 g/mol. The van der Waals surface area contributed by atoms with Crippen LogP contribution in [0.2, 0.25) is 5.02 Å². The van der Waals surface area contributed by atoms with Crippen LogP contribution >= 0.6 is 22.9 Å². The maximum absolute atomic E-state index is 12.5. The molecule has 0 bridgehead atoms. The second-order valence-electron chi connectivity index (χ2n) is 5.86. The number of fused-ring (bicyclic) bond motifs is 1. The maximum Gasteiger partial charge on any atom is 0.279 e. The Bertz CT molecular complexity index is 1000. The molecule has 0 atom stereocenters. The van der Waals surface area contributed by atoms with Crippen molar-refractivity contribution in [2.75, 3.05) is 13.7 Å². The second kappa shape index (κ2) is 7.52. The summed E-state index contributed by atoms with van der Waals surface area (Å²) in [5, 5.41) is 0.524. The van der Waals surface area contributed by atoms with Gasteiger partial charge in [-0.05, 0) is 55.3 Å². The van der Waals surface area contributed by atoms with E-state index in [9.17, 15) is 4.79 Å². The molecule has 0 unspecified atom stereocenters. The van der Waals surface area contributed by atoms with E-state index in [0.29, 0.717) is 28.5 Å². The number of thiazole rings is 1. The molecule has 3 aromatic rings. The van der Waals surface area contributed by atoms with Gasteiger partial charge in [-0.15, -0.1) is 0 Å². The van der Waals surface area contributed by atoms with Gasteiger partial charge in [-0.3, -0.25) is 4.79 Å². The molecule has 0 saturated heterocycles. The number of nitrogens with zero attached hydrogens (tertiary/aromatic N) is 2. The molecule has 130 valence electrons. The van der Waals surface area contributed by atoms with E-state index in [2.05, 4.69) is 31.0 Å². The summed E-state index contributed by atoms with van der Waals surface area (Å²) in [4.78, 5) is 17.6. The molecule has 6 heteroatoms. The molecule has 1 amide bonds. The summed E-state index contributed by atoms with van der Waals surface area (Å²) in [5.74, 6) is -0.298. The number of amides is 1. The van der Waals surface area contributed by atoms with Gasteiger partial charge in [-0.2, -0.15) is 4.99 Å². The van der Waals surface area contributed by atoms with Crippen LogP contribution in [0.5, 0.6) is 0 Å². The number of carbonyl (C=O) groups excluding carboxylic acids is 1. The molecule has 0 aliphatic heterocycles. The van der Waals surface area contributed by atoms with Crippen molar-refractivity contribution in [1.29, 1.82) is 0 Å².